The molecule has 17 aromatic carbocycles. The highest BCUT2D eigenvalue weighted by Crippen LogP contribution is 2.65. The van der Waals surface area contributed by atoms with Crippen molar-refractivity contribution in [3.63, 3.8) is 0 Å². The molecule has 0 amide bonds. The number of ether oxygens (including phenoxy) is 1. The summed E-state index contributed by atoms with van der Waals surface area (Å²) < 4.78 is 14.7. The predicted octanol–water partition coefficient (Wildman–Crippen LogP) is 27.4. The van der Waals surface area contributed by atoms with Crippen molar-refractivity contribution in [1.82, 2.24) is 13.7 Å². The zero-order valence-electron chi connectivity index (χ0n) is 63.8. The number of fused-ring (bicyclic) bond motifs is 28. The average molecular weight is 1470 g/mol. The van der Waals surface area contributed by atoms with Gasteiger partial charge >= 0.3 is 0 Å². The number of nitrogens with zero attached hydrogens (tertiary/aromatic N) is 4. The van der Waals surface area contributed by atoms with Crippen LogP contribution in [0.2, 0.25) is 0 Å². The standard InChI is InChI=1S/C110H74N4O/c1-107(2)85-35-13-10-30-77(85)78-58-56-76(66-94(78)107)111(73-26-6-4-7-27-73)75-54-49-69(50-55-75)70-52-59-87-95(63-70)109(89-38-16-21-45-100(89)113-98-44-20-12-32-80(98)82-33-24-41-92(109)105(82)113)88-37-15-14-36-86(88)108(87,3)67-68-48-60-99-84(62-68)83-34-25-42-93-106(83)114(99)101-46-22-17-39-90(101)110(93)91-40-18-23-47-103(91)115-104-61-53-71(64-96(104)110)72-51-57-81-79-31-11-19-43-97(79)112(102(81)65-72)74-28-8-5-9-29-74/h4-66H,67H2,1-3H3. The van der Waals surface area contributed by atoms with E-state index in [0.29, 0.717) is 0 Å². The molecule has 25 rings (SSSR count). The second-order valence-corrected chi connectivity index (χ2v) is 33.1. The van der Waals surface area contributed by atoms with Gasteiger partial charge in [-0.3, -0.25) is 0 Å². The average Bonchev–Trinajstić information content (AvgIpc) is 1.66. The van der Waals surface area contributed by atoms with Crippen molar-refractivity contribution in [2.45, 2.75) is 48.9 Å². The van der Waals surface area contributed by atoms with E-state index in [9.17, 15) is 0 Å². The van der Waals surface area contributed by atoms with E-state index in [1.54, 1.807) is 0 Å². The highest BCUT2D eigenvalue weighted by atomic mass is 16.5. The molecular weight excluding hydrogens is 1390 g/mol. The Morgan fingerprint density at radius 2 is 0.739 bits per heavy atom. The molecule has 5 aliphatic rings. The maximum atomic E-state index is 7.16. The van der Waals surface area contributed by atoms with Gasteiger partial charge in [-0.05, 0) is 216 Å². The van der Waals surface area contributed by atoms with Crippen LogP contribution >= 0.6 is 0 Å². The molecule has 0 N–H and O–H groups in total. The number of hydrogen-bond donors (Lipinski definition) is 0. The van der Waals surface area contributed by atoms with Crippen LogP contribution in [0.4, 0.5) is 17.1 Å². The van der Waals surface area contributed by atoms with Crippen LogP contribution in [-0.4, -0.2) is 13.7 Å². The Morgan fingerprint density at radius 3 is 1.48 bits per heavy atom. The van der Waals surface area contributed by atoms with Crippen molar-refractivity contribution < 1.29 is 4.74 Å². The van der Waals surface area contributed by atoms with Gasteiger partial charge in [-0.2, -0.15) is 0 Å². The summed E-state index contributed by atoms with van der Waals surface area (Å²) in [4.78, 5) is 2.43. The van der Waals surface area contributed by atoms with Crippen molar-refractivity contribution >= 4 is 82.5 Å². The van der Waals surface area contributed by atoms with E-state index in [0.717, 1.165) is 68.5 Å². The lowest BCUT2D eigenvalue weighted by Crippen LogP contribution is -2.45. The molecule has 3 aromatic heterocycles. The third-order valence-electron chi connectivity index (χ3n) is 27.2. The molecule has 0 saturated carbocycles. The Hall–Kier alpha value is -14.3. The Kier molecular flexibility index (Phi) is 13.1. The number of para-hydroxylation sites is 9. The summed E-state index contributed by atoms with van der Waals surface area (Å²) in [5.74, 6) is 1.73. The van der Waals surface area contributed by atoms with Crippen LogP contribution in [0.1, 0.15) is 93.1 Å². The van der Waals surface area contributed by atoms with Gasteiger partial charge in [0.25, 0.3) is 0 Å². The van der Waals surface area contributed by atoms with Crippen LogP contribution in [0.5, 0.6) is 11.5 Å². The van der Waals surface area contributed by atoms with Gasteiger partial charge in [-0.15, -0.1) is 0 Å². The van der Waals surface area contributed by atoms with Crippen molar-refractivity contribution in [3.05, 3.63) is 455 Å². The zero-order valence-corrected chi connectivity index (χ0v) is 63.8. The summed E-state index contributed by atoms with van der Waals surface area (Å²) in [7, 11) is 0. The first kappa shape index (κ1) is 64.4. The second-order valence-electron chi connectivity index (χ2n) is 33.1. The maximum absolute atomic E-state index is 7.16. The van der Waals surface area contributed by atoms with E-state index in [1.807, 2.05) is 0 Å². The number of anilines is 3. The third kappa shape index (κ3) is 8.50. The number of aromatic nitrogens is 3. The highest BCUT2D eigenvalue weighted by Gasteiger charge is 2.55. The minimum absolute atomic E-state index is 0.146. The Bertz CT molecular complexity index is 7600. The van der Waals surface area contributed by atoms with Gasteiger partial charge in [0.15, 0.2) is 0 Å². The molecule has 5 nitrogen and oxygen atoms in total. The van der Waals surface area contributed by atoms with Crippen LogP contribution in [0.3, 0.4) is 0 Å². The Morgan fingerprint density at radius 1 is 0.261 bits per heavy atom. The summed E-state index contributed by atoms with van der Waals surface area (Å²) >= 11 is 0. The number of rotatable bonds is 8. The first-order valence-corrected chi connectivity index (χ1v) is 40.4. The van der Waals surface area contributed by atoms with Crippen LogP contribution in [0.25, 0.3) is 116 Å². The summed E-state index contributed by atoms with van der Waals surface area (Å²) in [5, 5.41) is 7.45. The second kappa shape index (κ2) is 23.4. The lowest BCUT2D eigenvalue weighted by Gasteiger charge is -2.51. The lowest BCUT2D eigenvalue weighted by molar-refractivity contribution is 0.434. The van der Waals surface area contributed by atoms with Gasteiger partial charge in [0, 0.05) is 77.0 Å². The summed E-state index contributed by atoms with van der Waals surface area (Å²) in [6.45, 7) is 7.29. The molecule has 0 radical (unpaired) electrons. The molecule has 5 heteroatoms. The number of benzene rings is 17. The Labute approximate surface area is 666 Å². The van der Waals surface area contributed by atoms with Crippen LogP contribution in [0.15, 0.2) is 382 Å². The SMILES string of the molecule is CC1(C)c2ccccc2-c2ccc(N(c3ccccc3)c3ccc(-c4ccc5c(c4)C4(c6ccccc6-n6c7ccccc7c7cccc4c76)c4ccccc4C5(C)Cc4ccc5c(c4)c4cccc6c4n5-c4ccccc4C64c5ccccc5Oc5ccc(-c6ccc7c8ccccc8n(-c8ccccc8)c7c6)cc54)cc3)cc21. The van der Waals surface area contributed by atoms with E-state index >= 15 is 0 Å². The van der Waals surface area contributed by atoms with Crippen LogP contribution in [-0.2, 0) is 28.1 Å². The smallest absolute Gasteiger partial charge is 0.132 e. The van der Waals surface area contributed by atoms with Gasteiger partial charge in [0.1, 0.15) is 11.5 Å². The van der Waals surface area contributed by atoms with E-state index in [-0.39, 0.29) is 5.41 Å². The molecule has 2 aliphatic carbocycles. The normalized spacial score (nSPS) is 17.3. The highest BCUT2D eigenvalue weighted by molar-refractivity contribution is 6.15. The van der Waals surface area contributed by atoms with E-state index in [2.05, 4.69) is 422 Å². The van der Waals surface area contributed by atoms with Crippen molar-refractivity contribution in [2.24, 2.45) is 0 Å². The van der Waals surface area contributed by atoms with E-state index in [1.165, 1.54) is 155 Å². The molecule has 6 heterocycles. The molecule has 2 spiro atoms. The first-order chi connectivity index (χ1) is 56.7. The Balaban J connectivity index is 0.665. The van der Waals surface area contributed by atoms with Gasteiger partial charge in [0.05, 0.1) is 55.3 Å². The fourth-order valence-corrected chi connectivity index (χ4v) is 22.4. The summed E-state index contributed by atoms with van der Waals surface area (Å²) in [5.41, 5.74) is 35.8. The van der Waals surface area contributed by atoms with Gasteiger partial charge < -0.3 is 23.3 Å². The molecule has 3 unspecified atom stereocenters. The van der Waals surface area contributed by atoms with Gasteiger partial charge in [-0.1, -0.05) is 288 Å². The topological polar surface area (TPSA) is 27.3 Å². The quantitative estimate of drug-likeness (QED) is 0.152. The molecule has 0 bridgehead atoms. The van der Waals surface area contributed by atoms with E-state index in [4.69, 9.17) is 4.74 Å². The molecule has 3 atom stereocenters. The molecule has 0 fully saturated rings. The molecular formula is C110H74N4O. The van der Waals surface area contributed by atoms with Crippen molar-refractivity contribution in [1.29, 1.82) is 0 Å². The molecule has 115 heavy (non-hydrogen) atoms. The molecule has 20 aromatic rings. The van der Waals surface area contributed by atoms with Gasteiger partial charge in [0.2, 0.25) is 0 Å². The largest absolute Gasteiger partial charge is 0.457 e. The fourth-order valence-electron chi connectivity index (χ4n) is 22.4. The molecule has 3 aliphatic heterocycles. The summed E-state index contributed by atoms with van der Waals surface area (Å²) in [6.07, 6.45) is 0.746. The minimum Gasteiger partial charge on any atom is -0.457 e. The minimum atomic E-state index is -0.764. The molecule has 0 saturated heterocycles. The maximum Gasteiger partial charge on any atom is 0.132 e. The zero-order chi connectivity index (χ0) is 75.8. The van der Waals surface area contributed by atoms with Crippen LogP contribution < -0.4 is 9.64 Å². The van der Waals surface area contributed by atoms with Crippen LogP contribution in [0, 0.1) is 0 Å². The van der Waals surface area contributed by atoms with Crippen molar-refractivity contribution in [2.75, 3.05) is 4.90 Å². The van der Waals surface area contributed by atoms with Crippen molar-refractivity contribution in [3.8, 4) is 61.9 Å². The van der Waals surface area contributed by atoms with E-state index < -0.39 is 16.2 Å². The monoisotopic (exact) mass is 1470 g/mol. The number of hydrogen-bond acceptors (Lipinski definition) is 2. The summed E-state index contributed by atoms with van der Waals surface area (Å²) in [6, 6.07) is 145. The third-order valence-corrected chi connectivity index (χ3v) is 27.2. The lowest BCUT2D eigenvalue weighted by atomic mass is 9.52. The fraction of sp³-hybridized carbons (Fsp3) is 0.0727. The molecule has 540 valence electrons. The van der Waals surface area contributed by atoms with Gasteiger partial charge in [-0.25, -0.2) is 0 Å². The first-order valence-electron chi connectivity index (χ1n) is 40.4. The predicted molar refractivity (Wildman–Crippen MR) is 473 cm³/mol.